The molecule has 0 aliphatic carbocycles. The summed E-state index contributed by atoms with van der Waals surface area (Å²) in [4.78, 5) is 36.2. The number of carbonyl (C=O) groups is 1. The van der Waals surface area contributed by atoms with Gasteiger partial charge in [0.15, 0.2) is 5.13 Å². The lowest BCUT2D eigenvalue weighted by Gasteiger charge is -2.05. The van der Waals surface area contributed by atoms with E-state index in [9.17, 15) is 9.59 Å². The van der Waals surface area contributed by atoms with E-state index in [2.05, 4.69) is 33.3 Å². The highest BCUT2D eigenvalue weighted by Gasteiger charge is 2.14. The molecule has 4 rings (SSSR count). The number of hydrogen-bond donors (Lipinski definition) is 2. The number of nitrogens with zero attached hydrogens (tertiary/aromatic N) is 2. The third-order valence-corrected chi connectivity index (χ3v) is 5.57. The van der Waals surface area contributed by atoms with Crippen LogP contribution in [0.2, 0.25) is 0 Å². The molecule has 0 atom stereocenters. The fourth-order valence-electron chi connectivity index (χ4n) is 3.05. The highest BCUT2D eigenvalue weighted by molar-refractivity contribution is 7.22. The molecule has 152 valence electrons. The van der Waals surface area contributed by atoms with E-state index >= 15 is 0 Å². The average Bonchev–Trinajstić information content (AvgIpc) is 3.15. The van der Waals surface area contributed by atoms with Crippen molar-refractivity contribution in [3.05, 3.63) is 81.5 Å². The zero-order valence-corrected chi connectivity index (χ0v) is 17.4. The first-order valence-electron chi connectivity index (χ1n) is 9.48. The Morgan fingerprint density at radius 1 is 1.10 bits per heavy atom. The number of fused-ring (bicyclic) bond motifs is 1. The second-order valence-electron chi connectivity index (χ2n) is 6.73. The Hall–Kier alpha value is -3.52. The summed E-state index contributed by atoms with van der Waals surface area (Å²) in [5, 5.41) is 3.23. The van der Waals surface area contributed by atoms with Gasteiger partial charge in [0.25, 0.3) is 11.5 Å². The molecular formula is C22H20N4O3S. The van der Waals surface area contributed by atoms with Gasteiger partial charge in [-0.05, 0) is 41.8 Å². The lowest BCUT2D eigenvalue weighted by atomic mass is 10.1. The molecule has 0 aliphatic rings. The van der Waals surface area contributed by atoms with Crippen LogP contribution < -0.4 is 15.6 Å². The Morgan fingerprint density at radius 3 is 2.60 bits per heavy atom. The van der Waals surface area contributed by atoms with Gasteiger partial charge in [0.1, 0.15) is 17.3 Å². The van der Waals surface area contributed by atoms with Crippen molar-refractivity contribution in [2.24, 2.45) is 0 Å². The van der Waals surface area contributed by atoms with Crippen molar-refractivity contribution in [3.63, 3.8) is 0 Å². The number of aromatic amines is 1. The molecule has 0 saturated carbocycles. The molecule has 2 aromatic carbocycles. The van der Waals surface area contributed by atoms with E-state index in [0.717, 1.165) is 28.0 Å². The van der Waals surface area contributed by atoms with Gasteiger partial charge in [-0.1, -0.05) is 36.5 Å². The number of carbonyl (C=O) groups excluding carboxylic acids is 1. The Kier molecular flexibility index (Phi) is 5.58. The Balaban J connectivity index is 1.54. The van der Waals surface area contributed by atoms with E-state index in [-0.39, 0.29) is 11.3 Å². The molecule has 30 heavy (non-hydrogen) atoms. The lowest BCUT2D eigenvalue weighted by Crippen LogP contribution is -2.20. The fraction of sp³-hybridized carbons (Fsp3) is 0.182. The van der Waals surface area contributed by atoms with Gasteiger partial charge in [-0.25, -0.2) is 9.97 Å². The van der Waals surface area contributed by atoms with Gasteiger partial charge in [0.2, 0.25) is 0 Å². The second-order valence-corrected chi connectivity index (χ2v) is 7.76. The lowest BCUT2D eigenvalue weighted by molar-refractivity contribution is 0.102. The summed E-state index contributed by atoms with van der Waals surface area (Å²) in [5.74, 6) is 0.691. The Labute approximate surface area is 176 Å². The van der Waals surface area contributed by atoms with Crippen molar-refractivity contribution in [3.8, 4) is 5.75 Å². The van der Waals surface area contributed by atoms with Gasteiger partial charge in [-0.15, -0.1) is 0 Å². The summed E-state index contributed by atoms with van der Waals surface area (Å²) < 4.78 is 6.15. The van der Waals surface area contributed by atoms with Gasteiger partial charge in [-0.3, -0.25) is 14.9 Å². The minimum Gasteiger partial charge on any atom is -0.497 e. The molecule has 0 fully saturated rings. The van der Waals surface area contributed by atoms with Gasteiger partial charge in [0.05, 0.1) is 17.3 Å². The summed E-state index contributed by atoms with van der Waals surface area (Å²) >= 11 is 1.40. The number of methoxy groups -OCH3 is 1. The van der Waals surface area contributed by atoms with Crippen molar-refractivity contribution >= 4 is 32.6 Å². The van der Waals surface area contributed by atoms with Crippen LogP contribution in [-0.4, -0.2) is 28.0 Å². The zero-order valence-electron chi connectivity index (χ0n) is 16.6. The highest BCUT2D eigenvalue weighted by Crippen LogP contribution is 2.27. The predicted molar refractivity (Wildman–Crippen MR) is 118 cm³/mol. The normalized spacial score (nSPS) is 10.9. The van der Waals surface area contributed by atoms with Crippen molar-refractivity contribution in [2.45, 2.75) is 19.8 Å². The van der Waals surface area contributed by atoms with Crippen LogP contribution in [0.4, 0.5) is 5.13 Å². The molecule has 0 bridgehead atoms. The Morgan fingerprint density at radius 2 is 1.87 bits per heavy atom. The van der Waals surface area contributed by atoms with Crippen LogP contribution in [0.15, 0.2) is 53.3 Å². The monoisotopic (exact) mass is 420 g/mol. The maximum atomic E-state index is 12.7. The largest absolute Gasteiger partial charge is 0.497 e. The standard InChI is InChI=1S/C22H20N4O3S/c1-3-13-6-9-16-18(10-13)30-22(24-16)26-21(28)17-12-20(27)25-19(23-17)11-14-4-7-15(29-2)8-5-14/h4-10,12H,3,11H2,1-2H3,(H,23,25,27)(H,24,26,28). The molecule has 0 saturated heterocycles. The maximum absolute atomic E-state index is 12.7. The number of ether oxygens (including phenoxy) is 1. The maximum Gasteiger partial charge on any atom is 0.276 e. The van der Waals surface area contributed by atoms with E-state index in [1.165, 1.54) is 23.0 Å². The number of benzene rings is 2. The molecule has 0 aliphatic heterocycles. The number of nitrogens with one attached hydrogen (secondary N) is 2. The number of hydrogen-bond acceptors (Lipinski definition) is 6. The van der Waals surface area contributed by atoms with E-state index in [4.69, 9.17) is 4.74 Å². The number of thiazole rings is 1. The third-order valence-electron chi connectivity index (χ3n) is 4.64. The summed E-state index contributed by atoms with van der Waals surface area (Å²) in [6, 6.07) is 14.7. The minimum absolute atomic E-state index is 0.0516. The van der Waals surface area contributed by atoms with Crippen LogP contribution in [0.3, 0.4) is 0 Å². The Bertz CT molecular complexity index is 1260. The number of H-pyrrole nitrogens is 1. The summed E-state index contributed by atoms with van der Waals surface area (Å²) in [6.07, 6.45) is 1.32. The van der Waals surface area contributed by atoms with E-state index in [0.29, 0.717) is 17.4 Å². The molecule has 0 spiro atoms. The van der Waals surface area contributed by atoms with E-state index < -0.39 is 5.91 Å². The molecule has 0 unspecified atom stereocenters. The average molecular weight is 420 g/mol. The van der Waals surface area contributed by atoms with Crippen LogP contribution in [0, 0.1) is 0 Å². The molecule has 2 aromatic heterocycles. The van der Waals surface area contributed by atoms with Crippen molar-refractivity contribution < 1.29 is 9.53 Å². The summed E-state index contributed by atoms with van der Waals surface area (Å²) in [7, 11) is 1.60. The second kappa shape index (κ2) is 8.46. The van der Waals surface area contributed by atoms with Crippen molar-refractivity contribution in [1.29, 1.82) is 0 Å². The first-order chi connectivity index (χ1) is 14.5. The molecule has 1 amide bonds. The van der Waals surface area contributed by atoms with Gasteiger partial charge in [-0.2, -0.15) is 0 Å². The van der Waals surface area contributed by atoms with Gasteiger partial charge >= 0.3 is 0 Å². The van der Waals surface area contributed by atoms with Crippen LogP contribution in [0.25, 0.3) is 10.2 Å². The van der Waals surface area contributed by atoms with Crippen LogP contribution in [0.1, 0.15) is 34.4 Å². The molecule has 0 radical (unpaired) electrons. The molecule has 2 N–H and O–H groups in total. The van der Waals surface area contributed by atoms with Crippen LogP contribution in [0.5, 0.6) is 5.75 Å². The minimum atomic E-state index is -0.466. The third kappa shape index (κ3) is 4.38. The highest BCUT2D eigenvalue weighted by atomic mass is 32.1. The van der Waals surface area contributed by atoms with Crippen molar-refractivity contribution in [2.75, 3.05) is 12.4 Å². The predicted octanol–water partition coefficient (Wildman–Crippen LogP) is 3.79. The molecule has 4 aromatic rings. The number of amides is 1. The molecular weight excluding hydrogens is 400 g/mol. The van der Waals surface area contributed by atoms with E-state index in [1.54, 1.807) is 7.11 Å². The zero-order chi connectivity index (χ0) is 21.1. The number of rotatable bonds is 6. The summed E-state index contributed by atoms with van der Waals surface area (Å²) in [6.45, 7) is 2.09. The number of aryl methyl sites for hydroxylation is 1. The van der Waals surface area contributed by atoms with Crippen LogP contribution in [-0.2, 0) is 12.8 Å². The first kappa shape index (κ1) is 19.8. The molecule has 7 nitrogen and oxygen atoms in total. The summed E-state index contributed by atoms with van der Waals surface area (Å²) in [5.41, 5.74) is 2.65. The van der Waals surface area contributed by atoms with Gasteiger partial charge < -0.3 is 9.72 Å². The van der Waals surface area contributed by atoms with E-state index in [1.807, 2.05) is 36.4 Å². The number of anilines is 1. The quantitative estimate of drug-likeness (QED) is 0.495. The SMILES string of the molecule is CCc1ccc2nc(NC(=O)c3cc(=O)[nH]c(Cc4ccc(OC)cc4)n3)sc2c1. The fourth-order valence-corrected chi connectivity index (χ4v) is 3.97. The smallest absolute Gasteiger partial charge is 0.276 e. The number of aromatic nitrogens is 3. The first-order valence-corrected chi connectivity index (χ1v) is 10.3. The van der Waals surface area contributed by atoms with Gasteiger partial charge in [0, 0.05) is 12.5 Å². The molecule has 8 heteroatoms. The van der Waals surface area contributed by atoms with Crippen LogP contribution >= 0.6 is 11.3 Å². The van der Waals surface area contributed by atoms with Crippen molar-refractivity contribution in [1.82, 2.24) is 15.0 Å². The topological polar surface area (TPSA) is 97.0 Å². The molecule has 2 heterocycles.